The SMILES string of the molecule is CCC(CC)c1nc2c(c3c1[nH]c1ccccc13)C(=O)CC(C)(C)C2. The minimum Gasteiger partial charge on any atom is -0.353 e. The highest BCUT2D eigenvalue weighted by Crippen LogP contribution is 2.42. The lowest BCUT2D eigenvalue weighted by molar-refractivity contribution is 0.0912. The molecule has 3 heteroatoms. The molecule has 0 spiro atoms. The van der Waals surface area contributed by atoms with Gasteiger partial charge in [-0.1, -0.05) is 45.9 Å². The number of rotatable bonds is 3. The molecule has 0 saturated heterocycles. The summed E-state index contributed by atoms with van der Waals surface area (Å²) < 4.78 is 0. The lowest BCUT2D eigenvalue weighted by Gasteiger charge is -2.30. The number of carbonyl (C=O) groups excluding carboxylic acids is 1. The zero-order valence-corrected chi connectivity index (χ0v) is 15.6. The Morgan fingerprint density at radius 1 is 1.16 bits per heavy atom. The van der Waals surface area contributed by atoms with E-state index in [4.69, 9.17) is 4.98 Å². The number of aromatic amines is 1. The molecule has 1 N–H and O–H groups in total. The van der Waals surface area contributed by atoms with Crippen molar-refractivity contribution >= 4 is 27.6 Å². The van der Waals surface area contributed by atoms with E-state index >= 15 is 0 Å². The summed E-state index contributed by atoms with van der Waals surface area (Å²) in [5.41, 5.74) is 5.16. The first-order valence-electron chi connectivity index (χ1n) is 9.41. The third-order valence-electron chi connectivity index (χ3n) is 5.69. The van der Waals surface area contributed by atoms with E-state index in [-0.39, 0.29) is 11.2 Å². The van der Waals surface area contributed by atoms with Crippen molar-refractivity contribution in [2.75, 3.05) is 0 Å². The van der Waals surface area contributed by atoms with Gasteiger partial charge in [0, 0.05) is 34.2 Å². The maximum atomic E-state index is 13.0. The van der Waals surface area contributed by atoms with E-state index in [1.807, 2.05) is 6.07 Å². The summed E-state index contributed by atoms with van der Waals surface area (Å²) in [6.45, 7) is 8.79. The Balaban J connectivity index is 2.14. The van der Waals surface area contributed by atoms with E-state index in [9.17, 15) is 4.79 Å². The van der Waals surface area contributed by atoms with Crippen LogP contribution in [0.2, 0.25) is 0 Å². The number of ketones is 1. The molecule has 0 saturated carbocycles. The fraction of sp³-hybridized carbons (Fsp3) is 0.455. The van der Waals surface area contributed by atoms with Gasteiger partial charge in [-0.3, -0.25) is 9.78 Å². The molecule has 1 aromatic carbocycles. The molecule has 25 heavy (non-hydrogen) atoms. The summed E-state index contributed by atoms with van der Waals surface area (Å²) in [7, 11) is 0. The number of carbonyl (C=O) groups is 1. The van der Waals surface area contributed by atoms with Crippen molar-refractivity contribution in [1.82, 2.24) is 9.97 Å². The van der Waals surface area contributed by atoms with Crippen molar-refractivity contribution in [2.45, 2.75) is 59.3 Å². The van der Waals surface area contributed by atoms with Gasteiger partial charge >= 0.3 is 0 Å². The molecule has 3 aromatic rings. The van der Waals surface area contributed by atoms with Crippen LogP contribution in [-0.4, -0.2) is 15.8 Å². The maximum absolute atomic E-state index is 13.0. The quantitative estimate of drug-likeness (QED) is 0.660. The third-order valence-corrected chi connectivity index (χ3v) is 5.69. The van der Waals surface area contributed by atoms with Crippen molar-refractivity contribution in [2.24, 2.45) is 5.41 Å². The zero-order chi connectivity index (χ0) is 17.8. The number of H-pyrrole nitrogens is 1. The molecule has 0 bridgehead atoms. The van der Waals surface area contributed by atoms with Crippen LogP contribution in [0, 0.1) is 5.41 Å². The molecule has 2 aromatic heterocycles. The topological polar surface area (TPSA) is 45.8 Å². The van der Waals surface area contributed by atoms with E-state index in [0.717, 1.165) is 58.0 Å². The second-order valence-electron chi connectivity index (χ2n) is 8.19. The van der Waals surface area contributed by atoms with Crippen molar-refractivity contribution < 1.29 is 4.79 Å². The van der Waals surface area contributed by atoms with Crippen LogP contribution in [0.1, 0.15) is 74.6 Å². The predicted octanol–water partition coefficient (Wildman–Crippen LogP) is 5.77. The Kier molecular flexibility index (Phi) is 3.71. The number of pyridine rings is 1. The van der Waals surface area contributed by atoms with Gasteiger partial charge in [0.2, 0.25) is 0 Å². The Labute approximate surface area is 148 Å². The van der Waals surface area contributed by atoms with E-state index in [2.05, 4.69) is 50.9 Å². The van der Waals surface area contributed by atoms with Crippen LogP contribution in [0.4, 0.5) is 0 Å². The Hall–Kier alpha value is -2.16. The van der Waals surface area contributed by atoms with Crippen LogP contribution >= 0.6 is 0 Å². The van der Waals surface area contributed by atoms with Crippen LogP contribution in [0.15, 0.2) is 24.3 Å². The first kappa shape index (κ1) is 16.3. The molecule has 3 nitrogen and oxygen atoms in total. The number of hydrogen-bond donors (Lipinski definition) is 1. The highest BCUT2D eigenvalue weighted by Gasteiger charge is 2.35. The summed E-state index contributed by atoms with van der Waals surface area (Å²) in [6.07, 6.45) is 3.59. The molecule has 0 radical (unpaired) electrons. The second kappa shape index (κ2) is 5.69. The standard InChI is InChI=1S/C22H26N2O/c1-5-13(6-2)20-21-18(14-9-7-8-10-15(14)23-21)19-16(24-20)11-22(3,4)12-17(19)25/h7-10,13,23H,5-6,11-12H2,1-4H3. The van der Waals surface area contributed by atoms with Crippen LogP contribution in [-0.2, 0) is 6.42 Å². The summed E-state index contributed by atoms with van der Waals surface area (Å²) >= 11 is 0. The minimum absolute atomic E-state index is 0.0118. The number of Topliss-reactive ketones (excluding diaryl/α,β-unsaturated/α-hetero) is 1. The van der Waals surface area contributed by atoms with Gasteiger partial charge in [0.1, 0.15) is 0 Å². The van der Waals surface area contributed by atoms with Gasteiger partial charge in [0.25, 0.3) is 0 Å². The van der Waals surface area contributed by atoms with E-state index in [1.54, 1.807) is 0 Å². The molecule has 4 rings (SSSR count). The van der Waals surface area contributed by atoms with Gasteiger partial charge < -0.3 is 4.98 Å². The van der Waals surface area contributed by atoms with Gasteiger partial charge in [0.15, 0.2) is 5.78 Å². The maximum Gasteiger partial charge on any atom is 0.165 e. The molecule has 0 atom stereocenters. The van der Waals surface area contributed by atoms with Crippen LogP contribution in [0.25, 0.3) is 21.8 Å². The number of nitrogens with zero attached hydrogens (tertiary/aromatic N) is 1. The van der Waals surface area contributed by atoms with Crippen LogP contribution in [0.3, 0.4) is 0 Å². The molecule has 0 fully saturated rings. The summed E-state index contributed by atoms with van der Waals surface area (Å²) in [4.78, 5) is 21.7. The van der Waals surface area contributed by atoms with Crippen molar-refractivity contribution in [3.63, 3.8) is 0 Å². The first-order valence-corrected chi connectivity index (χ1v) is 9.41. The number of nitrogens with one attached hydrogen (secondary N) is 1. The average Bonchev–Trinajstić information content (AvgIpc) is 2.94. The number of benzene rings is 1. The zero-order valence-electron chi connectivity index (χ0n) is 15.6. The highest BCUT2D eigenvalue weighted by molar-refractivity contribution is 6.19. The first-order chi connectivity index (χ1) is 11.9. The van der Waals surface area contributed by atoms with Gasteiger partial charge in [-0.15, -0.1) is 0 Å². The van der Waals surface area contributed by atoms with Crippen molar-refractivity contribution in [1.29, 1.82) is 0 Å². The Morgan fingerprint density at radius 2 is 1.88 bits per heavy atom. The number of aromatic nitrogens is 2. The number of fused-ring (bicyclic) bond motifs is 5. The fourth-order valence-electron chi connectivity index (χ4n) is 4.43. The normalized spacial score (nSPS) is 16.8. The lowest BCUT2D eigenvalue weighted by atomic mass is 9.74. The van der Waals surface area contributed by atoms with Gasteiger partial charge in [-0.2, -0.15) is 0 Å². The van der Waals surface area contributed by atoms with E-state index in [0.29, 0.717) is 12.3 Å². The van der Waals surface area contributed by atoms with E-state index in [1.165, 1.54) is 0 Å². The van der Waals surface area contributed by atoms with Gasteiger partial charge in [-0.05, 0) is 30.7 Å². The molecule has 1 aliphatic rings. The van der Waals surface area contributed by atoms with Crippen molar-refractivity contribution in [3.8, 4) is 0 Å². The highest BCUT2D eigenvalue weighted by atomic mass is 16.1. The Bertz CT molecular complexity index is 977. The third kappa shape index (κ3) is 2.48. The molecule has 130 valence electrons. The van der Waals surface area contributed by atoms with Crippen LogP contribution in [0.5, 0.6) is 0 Å². The largest absolute Gasteiger partial charge is 0.353 e. The monoisotopic (exact) mass is 334 g/mol. The fourth-order valence-corrected chi connectivity index (χ4v) is 4.43. The van der Waals surface area contributed by atoms with Gasteiger partial charge in [-0.25, -0.2) is 0 Å². The molecule has 0 unspecified atom stereocenters. The summed E-state index contributed by atoms with van der Waals surface area (Å²) in [6, 6.07) is 8.31. The number of para-hydroxylation sites is 1. The summed E-state index contributed by atoms with van der Waals surface area (Å²) in [5.74, 6) is 0.658. The molecular weight excluding hydrogens is 308 g/mol. The number of hydrogen-bond acceptors (Lipinski definition) is 2. The Morgan fingerprint density at radius 3 is 2.60 bits per heavy atom. The molecule has 2 heterocycles. The smallest absolute Gasteiger partial charge is 0.165 e. The van der Waals surface area contributed by atoms with E-state index < -0.39 is 0 Å². The molecule has 0 amide bonds. The molecule has 0 aliphatic heterocycles. The predicted molar refractivity (Wildman–Crippen MR) is 103 cm³/mol. The lowest BCUT2D eigenvalue weighted by Crippen LogP contribution is -2.28. The second-order valence-corrected chi connectivity index (χ2v) is 8.19. The molecular formula is C22H26N2O. The average molecular weight is 334 g/mol. The van der Waals surface area contributed by atoms with Gasteiger partial charge in [0.05, 0.1) is 16.9 Å². The molecule has 1 aliphatic carbocycles. The summed E-state index contributed by atoms with van der Waals surface area (Å²) in [5, 5.41) is 2.25. The van der Waals surface area contributed by atoms with Crippen LogP contribution < -0.4 is 0 Å². The minimum atomic E-state index is -0.0118. The van der Waals surface area contributed by atoms with Crippen molar-refractivity contribution in [3.05, 3.63) is 41.2 Å².